The van der Waals surface area contributed by atoms with Crippen molar-refractivity contribution in [3.63, 3.8) is 0 Å². The van der Waals surface area contributed by atoms with Gasteiger partial charge in [0, 0.05) is 30.6 Å². The van der Waals surface area contributed by atoms with Crippen molar-refractivity contribution in [2.24, 2.45) is 0 Å². The highest BCUT2D eigenvalue weighted by atomic mass is 35.5. The first-order valence-corrected chi connectivity index (χ1v) is 9.69. The van der Waals surface area contributed by atoms with Crippen LogP contribution in [0.1, 0.15) is 35.2 Å². The van der Waals surface area contributed by atoms with Crippen LogP contribution in [0.3, 0.4) is 0 Å². The van der Waals surface area contributed by atoms with E-state index in [0.717, 1.165) is 17.7 Å². The number of carbonyl (C=O) groups is 2. The zero-order valence-electron chi connectivity index (χ0n) is 15.6. The first kappa shape index (κ1) is 21.2. The van der Waals surface area contributed by atoms with Crippen LogP contribution in [0, 0.1) is 17.5 Å². The van der Waals surface area contributed by atoms with E-state index in [1.807, 2.05) is 12.1 Å². The second-order valence-electron chi connectivity index (χ2n) is 6.98. The third-order valence-electron chi connectivity index (χ3n) is 4.97. The molecule has 0 aliphatic carbocycles. The Balaban J connectivity index is 1.47. The average molecular weight is 425 g/mol. The summed E-state index contributed by atoms with van der Waals surface area (Å²) in [7, 11) is 0. The van der Waals surface area contributed by atoms with E-state index < -0.39 is 28.9 Å². The van der Waals surface area contributed by atoms with E-state index in [0.29, 0.717) is 43.8 Å². The number of benzene rings is 2. The molecule has 154 valence electrons. The molecule has 4 nitrogen and oxygen atoms in total. The van der Waals surface area contributed by atoms with Crippen LogP contribution in [0.2, 0.25) is 5.02 Å². The summed E-state index contributed by atoms with van der Waals surface area (Å²) in [6.45, 7) is 0.582. The SMILES string of the molecule is O=C(CCc1ccc(Cl)cc1)NC1CCN(C(=O)c2ccc(F)c(F)c2F)CC1. The molecule has 1 heterocycles. The molecule has 0 aromatic heterocycles. The van der Waals surface area contributed by atoms with Gasteiger partial charge in [-0.25, -0.2) is 13.2 Å². The van der Waals surface area contributed by atoms with E-state index >= 15 is 0 Å². The molecule has 8 heteroatoms. The molecule has 0 radical (unpaired) electrons. The number of nitrogens with one attached hydrogen (secondary N) is 1. The fraction of sp³-hybridized carbons (Fsp3) is 0.333. The molecule has 1 aliphatic rings. The molecule has 1 saturated heterocycles. The Labute approximate surface area is 171 Å². The van der Waals surface area contributed by atoms with E-state index in [2.05, 4.69) is 5.32 Å². The first-order valence-electron chi connectivity index (χ1n) is 9.31. The lowest BCUT2D eigenvalue weighted by Crippen LogP contribution is -2.46. The summed E-state index contributed by atoms with van der Waals surface area (Å²) in [4.78, 5) is 25.9. The van der Waals surface area contributed by atoms with Crippen LogP contribution in [0.4, 0.5) is 13.2 Å². The molecule has 0 unspecified atom stereocenters. The average Bonchev–Trinajstić information content (AvgIpc) is 2.72. The molecule has 0 atom stereocenters. The molecule has 29 heavy (non-hydrogen) atoms. The van der Waals surface area contributed by atoms with Crippen LogP contribution < -0.4 is 5.32 Å². The lowest BCUT2D eigenvalue weighted by atomic mass is 10.0. The molecule has 0 spiro atoms. The maximum atomic E-state index is 13.8. The van der Waals surface area contributed by atoms with Crippen LogP contribution in [0.25, 0.3) is 0 Å². The lowest BCUT2D eigenvalue weighted by molar-refractivity contribution is -0.122. The highest BCUT2D eigenvalue weighted by Gasteiger charge is 2.27. The number of amides is 2. The van der Waals surface area contributed by atoms with Crippen LogP contribution >= 0.6 is 11.6 Å². The molecule has 3 rings (SSSR count). The maximum Gasteiger partial charge on any atom is 0.256 e. The van der Waals surface area contributed by atoms with Crippen molar-refractivity contribution in [1.82, 2.24) is 10.2 Å². The van der Waals surface area contributed by atoms with E-state index in [1.54, 1.807) is 12.1 Å². The van der Waals surface area contributed by atoms with Gasteiger partial charge in [0.25, 0.3) is 5.91 Å². The molecule has 1 aliphatic heterocycles. The first-order chi connectivity index (χ1) is 13.8. The number of carbonyl (C=O) groups excluding carboxylic acids is 2. The maximum absolute atomic E-state index is 13.8. The minimum absolute atomic E-state index is 0.0867. The number of rotatable bonds is 5. The van der Waals surface area contributed by atoms with Gasteiger partial charge >= 0.3 is 0 Å². The summed E-state index contributed by atoms with van der Waals surface area (Å²) in [5, 5.41) is 3.58. The van der Waals surface area contributed by atoms with Crippen molar-refractivity contribution in [3.8, 4) is 0 Å². The van der Waals surface area contributed by atoms with Crippen LogP contribution in [-0.2, 0) is 11.2 Å². The molecular formula is C21H20ClF3N2O2. The number of nitrogens with zero attached hydrogens (tertiary/aromatic N) is 1. The van der Waals surface area contributed by atoms with Crippen molar-refractivity contribution < 1.29 is 22.8 Å². The molecule has 2 aromatic rings. The van der Waals surface area contributed by atoms with Gasteiger partial charge in [-0.05, 0) is 49.1 Å². The van der Waals surface area contributed by atoms with E-state index in [1.165, 1.54) is 4.90 Å². The molecule has 0 saturated carbocycles. The fourth-order valence-corrected chi connectivity index (χ4v) is 3.42. The van der Waals surface area contributed by atoms with Crippen molar-refractivity contribution in [3.05, 3.63) is 70.0 Å². The van der Waals surface area contributed by atoms with Crippen molar-refractivity contribution in [1.29, 1.82) is 0 Å². The number of halogens is 4. The van der Waals surface area contributed by atoms with E-state index in [-0.39, 0.29) is 11.9 Å². The van der Waals surface area contributed by atoms with Gasteiger partial charge in [0.05, 0.1) is 5.56 Å². The summed E-state index contributed by atoms with van der Waals surface area (Å²) in [6.07, 6.45) is 1.93. The summed E-state index contributed by atoms with van der Waals surface area (Å²) >= 11 is 5.84. The third kappa shape index (κ3) is 5.29. The Morgan fingerprint density at radius 3 is 2.31 bits per heavy atom. The zero-order valence-corrected chi connectivity index (χ0v) is 16.3. The molecule has 1 N–H and O–H groups in total. The van der Waals surface area contributed by atoms with E-state index in [9.17, 15) is 22.8 Å². The quantitative estimate of drug-likeness (QED) is 0.734. The van der Waals surface area contributed by atoms with Gasteiger partial charge in [-0.2, -0.15) is 0 Å². The van der Waals surface area contributed by atoms with Gasteiger partial charge in [-0.1, -0.05) is 23.7 Å². The van der Waals surface area contributed by atoms with E-state index in [4.69, 9.17) is 11.6 Å². The summed E-state index contributed by atoms with van der Waals surface area (Å²) in [5.41, 5.74) is 0.521. The minimum Gasteiger partial charge on any atom is -0.353 e. The normalized spacial score (nSPS) is 14.7. The summed E-state index contributed by atoms with van der Waals surface area (Å²) < 4.78 is 40.2. The van der Waals surface area contributed by atoms with Crippen molar-refractivity contribution in [2.75, 3.05) is 13.1 Å². The van der Waals surface area contributed by atoms with Gasteiger partial charge in [-0.15, -0.1) is 0 Å². The van der Waals surface area contributed by atoms with Gasteiger partial charge < -0.3 is 10.2 Å². The van der Waals surface area contributed by atoms with Crippen molar-refractivity contribution in [2.45, 2.75) is 31.7 Å². The Kier molecular flexibility index (Phi) is 6.79. The molecular weight excluding hydrogens is 405 g/mol. The predicted octanol–water partition coefficient (Wildman–Crippen LogP) is 4.11. The number of aryl methyl sites for hydroxylation is 1. The standard InChI is InChI=1S/C21H20ClF3N2O2/c22-14-4-1-13(2-5-14)3-8-18(28)26-15-9-11-27(12-10-15)21(29)16-6-7-17(23)20(25)19(16)24/h1-2,4-7,15H,3,8-12H2,(H,26,28). The zero-order chi connectivity index (χ0) is 21.0. The Hall–Kier alpha value is -2.54. The minimum atomic E-state index is -1.65. The van der Waals surface area contributed by atoms with Gasteiger partial charge in [0.1, 0.15) is 0 Å². The second kappa shape index (κ2) is 9.31. The second-order valence-corrected chi connectivity index (χ2v) is 7.42. The van der Waals surface area contributed by atoms with Crippen LogP contribution in [0.15, 0.2) is 36.4 Å². The topological polar surface area (TPSA) is 49.4 Å². The van der Waals surface area contributed by atoms with Crippen LogP contribution in [0.5, 0.6) is 0 Å². The Morgan fingerprint density at radius 1 is 1.00 bits per heavy atom. The molecule has 1 fully saturated rings. The lowest BCUT2D eigenvalue weighted by Gasteiger charge is -2.32. The largest absolute Gasteiger partial charge is 0.353 e. The van der Waals surface area contributed by atoms with Gasteiger partial charge in [0.2, 0.25) is 5.91 Å². The number of piperidine rings is 1. The summed E-state index contributed by atoms with van der Waals surface area (Å²) in [5.74, 6) is -5.24. The third-order valence-corrected chi connectivity index (χ3v) is 5.22. The monoisotopic (exact) mass is 424 g/mol. The van der Waals surface area contributed by atoms with Crippen LogP contribution in [-0.4, -0.2) is 35.8 Å². The highest BCUT2D eigenvalue weighted by Crippen LogP contribution is 2.20. The Morgan fingerprint density at radius 2 is 1.66 bits per heavy atom. The smallest absolute Gasteiger partial charge is 0.256 e. The molecule has 2 aromatic carbocycles. The Bertz CT molecular complexity index is 898. The predicted molar refractivity (Wildman–Crippen MR) is 103 cm³/mol. The van der Waals surface area contributed by atoms with Gasteiger partial charge in [0.15, 0.2) is 17.5 Å². The van der Waals surface area contributed by atoms with Crippen molar-refractivity contribution >= 4 is 23.4 Å². The highest BCUT2D eigenvalue weighted by molar-refractivity contribution is 6.30. The molecule has 2 amide bonds. The number of hydrogen-bond donors (Lipinski definition) is 1. The van der Waals surface area contributed by atoms with Gasteiger partial charge in [-0.3, -0.25) is 9.59 Å². The summed E-state index contributed by atoms with van der Waals surface area (Å²) in [6, 6.07) is 8.88. The number of hydrogen-bond acceptors (Lipinski definition) is 2. The molecule has 0 bridgehead atoms. The fourth-order valence-electron chi connectivity index (χ4n) is 3.30. The number of likely N-dealkylation sites (tertiary alicyclic amines) is 1.